The molecule has 3 N–H and O–H groups in total. The highest BCUT2D eigenvalue weighted by molar-refractivity contribution is 5.73. The number of hydrogen-bond donors (Lipinski definition) is 3. The maximum absolute atomic E-state index is 10.6. The van der Waals surface area contributed by atoms with Crippen molar-refractivity contribution >= 4 is 11.9 Å². The van der Waals surface area contributed by atoms with E-state index in [-0.39, 0.29) is 12.1 Å². The molecule has 200 valence electrons. The topological polar surface area (TPSA) is 120 Å². The summed E-state index contributed by atoms with van der Waals surface area (Å²) in [6.45, 7) is 1.78. The maximum atomic E-state index is 10.6. The summed E-state index contributed by atoms with van der Waals surface area (Å²) >= 11 is 0. The number of aliphatic carboxylic acids is 2. The van der Waals surface area contributed by atoms with E-state index in [1.165, 1.54) is 11.1 Å². The van der Waals surface area contributed by atoms with Gasteiger partial charge < -0.3 is 20.1 Å². The average Bonchev–Trinajstić information content (AvgIpc) is 3.13. The van der Waals surface area contributed by atoms with Gasteiger partial charge in [0.15, 0.2) is 0 Å². The minimum atomic E-state index is -5.08. The predicted octanol–water partition coefficient (Wildman–Crippen LogP) is 3.53. The van der Waals surface area contributed by atoms with Crippen molar-refractivity contribution in [3.05, 3.63) is 59.9 Å². The number of carbonyl (C=O) groups is 2. The Kier molecular flexibility index (Phi) is 11.6. The van der Waals surface area contributed by atoms with Crippen LogP contribution in [0.5, 0.6) is 5.75 Å². The van der Waals surface area contributed by atoms with Crippen molar-refractivity contribution < 1.29 is 56.0 Å². The van der Waals surface area contributed by atoms with E-state index in [4.69, 9.17) is 24.5 Å². The third-order valence-electron chi connectivity index (χ3n) is 4.82. The van der Waals surface area contributed by atoms with E-state index in [1.807, 2.05) is 24.4 Å². The number of rotatable bonds is 5. The third-order valence-corrected chi connectivity index (χ3v) is 4.82. The van der Waals surface area contributed by atoms with E-state index < -0.39 is 24.3 Å². The number of carboxylic acid groups (broad SMARTS) is 2. The van der Waals surface area contributed by atoms with Crippen LogP contribution in [-0.4, -0.2) is 75.3 Å². The molecule has 2 heterocycles. The fraction of sp³-hybridized carbons (Fsp3) is 0.409. The van der Waals surface area contributed by atoms with Gasteiger partial charge in [-0.3, -0.25) is 9.88 Å². The largest absolute Gasteiger partial charge is 0.497 e. The van der Waals surface area contributed by atoms with Gasteiger partial charge in [0.05, 0.1) is 13.2 Å². The Balaban J connectivity index is 0.000000383. The number of benzene rings is 1. The van der Waals surface area contributed by atoms with E-state index in [0.717, 1.165) is 31.7 Å². The van der Waals surface area contributed by atoms with E-state index in [0.29, 0.717) is 0 Å². The van der Waals surface area contributed by atoms with Crippen LogP contribution < -0.4 is 4.74 Å². The van der Waals surface area contributed by atoms with Crippen LogP contribution in [0.2, 0.25) is 0 Å². The molecule has 0 spiro atoms. The van der Waals surface area contributed by atoms with Crippen molar-refractivity contribution in [2.75, 3.05) is 13.7 Å². The molecule has 0 bridgehead atoms. The molecule has 1 fully saturated rings. The van der Waals surface area contributed by atoms with Gasteiger partial charge in [0.1, 0.15) is 5.75 Å². The number of methoxy groups -OCH3 is 1. The molecule has 1 aliphatic rings. The maximum Gasteiger partial charge on any atom is 0.490 e. The summed E-state index contributed by atoms with van der Waals surface area (Å²) in [5.41, 5.74) is 2.42. The Morgan fingerprint density at radius 3 is 1.94 bits per heavy atom. The second-order valence-corrected chi connectivity index (χ2v) is 7.41. The third kappa shape index (κ3) is 10.9. The summed E-state index contributed by atoms with van der Waals surface area (Å²) in [6, 6.07) is 12.3. The van der Waals surface area contributed by atoms with E-state index in [1.54, 1.807) is 13.3 Å². The first-order chi connectivity index (χ1) is 16.6. The van der Waals surface area contributed by atoms with Crippen LogP contribution >= 0.6 is 0 Å². The zero-order valence-electron chi connectivity index (χ0n) is 18.8. The molecule has 14 heteroatoms. The van der Waals surface area contributed by atoms with Crippen LogP contribution in [-0.2, 0) is 22.6 Å². The van der Waals surface area contributed by atoms with Crippen LogP contribution in [0.4, 0.5) is 26.3 Å². The van der Waals surface area contributed by atoms with Crippen LogP contribution in [0.1, 0.15) is 17.5 Å². The molecule has 8 nitrogen and oxygen atoms in total. The normalized spacial score (nSPS) is 17.8. The van der Waals surface area contributed by atoms with Crippen molar-refractivity contribution in [3.63, 3.8) is 0 Å². The quantitative estimate of drug-likeness (QED) is 0.507. The first-order valence-corrected chi connectivity index (χ1v) is 10.2. The Morgan fingerprint density at radius 1 is 1.00 bits per heavy atom. The van der Waals surface area contributed by atoms with Crippen molar-refractivity contribution in [1.82, 2.24) is 9.88 Å². The van der Waals surface area contributed by atoms with Gasteiger partial charge in [-0.05, 0) is 42.2 Å². The molecule has 2 aromatic rings. The van der Waals surface area contributed by atoms with Crippen LogP contribution in [0.15, 0.2) is 48.8 Å². The van der Waals surface area contributed by atoms with Gasteiger partial charge in [-0.2, -0.15) is 26.3 Å². The smallest absolute Gasteiger partial charge is 0.490 e. The average molecular weight is 526 g/mol. The SMILES string of the molecule is COc1ccc(CN2CC[C@H](O)[C@@H]2Cc2cccnc2)cc1.O=C(O)C(F)(F)F.O=C(O)C(F)(F)F. The molecule has 2 atom stereocenters. The minimum Gasteiger partial charge on any atom is -0.497 e. The van der Waals surface area contributed by atoms with Gasteiger partial charge in [-0.15, -0.1) is 0 Å². The van der Waals surface area contributed by atoms with E-state index in [2.05, 4.69) is 28.1 Å². The van der Waals surface area contributed by atoms with Crippen molar-refractivity contribution in [1.29, 1.82) is 0 Å². The molecule has 36 heavy (non-hydrogen) atoms. The predicted molar refractivity (Wildman–Crippen MR) is 113 cm³/mol. The Bertz CT molecular complexity index is 930. The number of halogens is 6. The lowest BCUT2D eigenvalue weighted by molar-refractivity contribution is -0.193. The summed E-state index contributed by atoms with van der Waals surface area (Å²) < 4.78 is 68.7. The van der Waals surface area contributed by atoms with E-state index >= 15 is 0 Å². The summed E-state index contributed by atoms with van der Waals surface area (Å²) in [6.07, 6.45) is -5.09. The lowest BCUT2D eigenvalue weighted by atomic mass is 10.0. The number of hydrogen-bond acceptors (Lipinski definition) is 6. The molecule has 3 rings (SSSR count). The zero-order valence-corrected chi connectivity index (χ0v) is 18.8. The monoisotopic (exact) mass is 526 g/mol. The number of aliphatic hydroxyl groups excluding tert-OH is 1. The number of carboxylic acids is 2. The first-order valence-electron chi connectivity index (χ1n) is 10.2. The van der Waals surface area contributed by atoms with Gasteiger partial charge >= 0.3 is 24.3 Å². The molecular weight excluding hydrogens is 502 g/mol. The standard InChI is InChI=1S/C18H22N2O2.2C2HF3O2/c1-22-16-6-4-14(5-7-16)13-20-10-8-18(21)17(20)11-15-3-2-9-19-12-15;2*3-2(4,5)1(6)7/h2-7,9,12,17-18,21H,8,10-11,13H2,1H3;2*(H,6,7)/t17-,18-;;/m0../s1. The Hall–Kier alpha value is -3.39. The van der Waals surface area contributed by atoms with Crippen LogP contribution in [0.3, 0.4) is 0 Å². The molecule has 0 amide bonds. The second kappa shape index (κ2) is 13.6. The van der Waals surface area contributed by atoms with Crippen molar-refractivity contribution in [2.45, 2.75) is 43.9 Å². The highest BCUT2D eigenvalue weighted by Gasteiger charge is 2.39. The number of nitrogens with zero attached hydrogens (tertiary/aromatic N) is 2. The number of likely N-dealkylation sites (tertiary alicyclic amines) is 1. The molecule has 1 aromatic carbocycles. The van der Waals surface area contributed by atoms with E-state index in [9.17, 15) is 31.4 Å². The second-order valence-electron chi connectivity index (χ2n) is 7.41. The van der Waals surface area contributed by atoms with Gasteiger partial charge in [0, 0.05) is 31.5 Å². The molecule has 1 saturated heterocycles. The summed E-state index contributed by atoms with van der Waals surface area (Å²) in [5, 5.41) is 24.5. The number of aromatic nitrogens is 1. The number of pyridine rings is 1. The molecule has 0 unspecified atom stereocenters. The van der Waals surface area contributed by atoms with Crippen LogP contribution in [0.25, 0.3) is 0 Å². The first kappa shape index (κ1) is 30.6. The highest BCUT2D eigenvalue weighted by Crippen LogP contribution is 2.24. The highest BCUT2D eigenvalue weighted by atomic mass is 19.4. The lowest BCUT2D eigenvalue weighted by Gasteiger charge is -2.26. The molecule has 0 saturated carbocycles. The van der Waals surface area contributed by atoms with Crippen molar-refractivity contribution in [3.8, 4) is 5.75 Å². The number of alkyl halides is 6. The molecule has 1 aromatic heterocycles. The van der Waals surface area contributed by atoms with Gasteiger partial charge in [0.25, 0.3) is 0 Å². The number of aliphatic hydroxyl groups is 1. The fourth-order valence-electron chi connectivity index (χ4n) is 3.09. The zero-order chi connectivity index (χ0) is 27.5. The minimum absolute atomic E-state index is 0.159. The van der Waals surface area contributed by atoms with Gasteiger partial charge in [0.2, 0.25) is 0 Å². The molecular formula is C22H24F6N2O6. The summed E-state index contributed by atoms with van der Waals surface area (Å²) in [7, 11) is 1.68. The van der Waals surface area contributed by atoms with Crippen molar-refractivity contribution in [2.24, 2.45) is 0 Å². The van der Waals surface area contributed by atoms with Gasteiger partial charge in [-0.25, -0.2) is 9.59 Å². The lowest BCUT2D eigenvalue weighted by Crippen LogP contribution is -2.36. The summed E-state index contributed by atoms with van der Waals surface area (Å²) in [4.78, 5) is 24.3. The van der Waals surface area contributed by atoms with Crippen LogP contribution in [0, 0.1) is 0 Å². The molecule has 1 aliphatic heterocycles. The Labute approximate surface area is 201 Å². The fourth-order valence-corrected chi connectivity index (χ4v) is 3.09. The molecule has 0 radical (unpaired) electrons. The van der Waals surface area contributed by atoms with Gasteiger partial charge in [-0.1, -0.05) is 18.2 Å². The number of ether oxygens (including phenoxy) is 1. The Morgan fingerprint density at radius 2 is 1.53 bits per heavy atom. The molecule has 0 aliphatic carbocycles. The summed E-state index contributed by atoms with van der Waals surface area (Å²) in [5.74, 6) is -4.64.